The zero-order valence-corrected chi connectivity index (χ0v) is 12.3. The first-order valence-corrected chi connectivity index (χ1v) is 7.85. The van der Waals surface area contributed by atoms with Gasteiger partial charge in [-0.2, -0.15) is 5.10 Å². The van der Waals surface area contributed by atoms with E-state index in [4.69, 9.17) is 5.73 Å². The SMILES string of the molecule is N[C@]1(C(=O)O)CCN(Cc2cn[nH]c2C2CCCCC2)C1. The second-order valence-electron chi connectivity index (χ2n) is 6.57. The Hall–Kier alpha value is -1.40. The number of hydrogen-bond acceptors (Lipinski definition) is 4. The van der Waals surface area contributed by atoms with Crippen molar-refractivity contribution in [3.8, 4) is 0 Å². The summed E-state index contributed by atoms with van der Waals surface area (Å²) < 4.78 is 0. The third kappa shape index (κ3) is 2.96. The summed E-state index contributed by atoms with van der Waals surface area (Å²) in [6, 6.07) is 0. The minimum Gasteiger partial charge on any atom is -0.480 e. The van der Waals surface area contributed by atoms with Crippen molar-refractivity contribution in [3.63, 3.8) is 0 Å². The molecule has 116 valence electrons. The van der Waals surface area contributed by atoms with Crippen LogP contribution in [0.5, 0.6) is 0 Å². The quantitative estimate of drug-likeness (QED) is 0.780. The number of carboxylic acids is 1. The molecular formula is C15H24N4O2. The lowest BCUT2D eigenvalue weighted by atomic mass is 9.85. The van der Waals surface area contributed by atoms with Crippen molar-refractivity contribution in [2.75, 3.05) is 13.1 Å². The van der Waals surface area contributed by atoms with Crippen molar-refractivity contribution >= 4 is 5.97 Å². The van der Waals surface area contributed by atoms with Gasteiger partial charge in [-0.05, 0) is 19.3 Å². The average Bonchev–Trinajstić information content (AvgIpc) is 3.08. The van der Waals surface area contributed by atoms with Gasteiger partial charge in [0.05, 0.1) is 6.20 Å². The Bertz CT molecular complexity index is 510. The zero-order valence-electron chi connectivity index (χ0n) is 12.3. The summed E-state index contributed by atoms with van der Waals surface area (Å²) in [4.78, 5) is 13.3. The fourth-order valence-corrected chi connectivity index (χ4v) is 3.66. The molecule has 0 spiro atoms. The Morgan fingerprint density at radius 2 is 2.24 bits per heavy atom. The van der Waals surface area contributed by atoms with Crippen molar-refractivity contribution in [3.05, 3.63) is 17.5 Å². The van der Waals surface area contributed by atoms with Crippen LogP contribution in [-0.4, -0.2) is 44.8 Å². The number of nitrogens with zero attached hydrogens (tertiary/aromatic N) is 2. The van der Waals surface area contributed by atoms with Crippen LogP contribution in [0.4, 0.5) is 0 Å². The molecule has 0 unspecified atom stereocenters. The molecule has 2 fully saturated rings. The zero-order chi connectivity index (χ0) is 14.9. The number of nitrogens with one attached hydrogen (secondary N) is 1. The van der Waals surface area contributed by atoms with Crippen LogP contribution in [0, 0.1) is 0 Å². The first-order chi connectivity index (χ1) is 10.1. The molecule has 1 atom stereocenters. The molecule has 6 nitrogen and oxygen atoms in total. The predicted octanol–water partition coefficient (Wildman–Crippen LogP) is 1.45. The maximum atomic E-state index is 11.2. The smallest absolute Gasteiger partial charge is 0.325 e. The minimum atomic E-state index is -1.09. The van der Waals surface area contributed by atoms with E-state index < -0.39 is 11.5 Å². The minimum absolute atomic E-state index is 0.414. The maximum Gasteiger partial charge on any atom is 0.325 e. The van der Waals surface area contributed by atoms with Gasteiger partial charge in [0, 0.05) is 36.8 Å². The number of rotatable bonds is 4. The molecule has 1 aromatic rings. The predicted molar refractivity (Wildman–Crippen MR) is 78.9 cm³/mol. The van der Waals surface area contributed by atoms with Crippen molar-refractivity contribution in [1.82, 2.24) is 15.1 Å². The van der Waals surface area contributed by atoms with Crippen molar-refractivity contribution in [1.29, 1.82) is 0 Å². The highest BCUT2D eigenvalue weighted by Crippen LogP contribution is 2.34. The van der Waals surface area contributed by atoms with E-state index in [9.17, 15) is 9.90 Å². The van der Waals surface area contributed by atoms with Gasteiger partial charge in [0.1, 0.15) is 5.54 Å². The molecule has 0 aromatic carbocycles. The normalized spacial score (nSPS) is 28.0. The molecule has 2 aliphatic rings. The van der Waals surface area contributed by atoms with Gasteiger partial charge in [0.15, 0.2) is 0 Å². The van der Waals surface area contributed by atoms with Crippen molar-refractivity contribution < 1.29 is 9.90 Å². The van der Waals surface area contributed by atoms with Gasteiger partial charge in [-0.1, -0.05) is 19.3 Å². The van der Waals surface area contributed by atoms with Gasteiger partial charge in [-0.3, -0.25) is 14.8 Å². The van der Waals surface area contributed by atoms with Crippen LogP contribution in [0.2, 0.25) is 0 Å². The molecule has 0 amide bonds. The Balaban J connectivity index is 1.66. The van der Waals surface area contributed by atoms with Gasteiger partial charge < -0.3 is 10.8 Å². The molecule has 1 aromatic heterocycles. The average molecular weight is 292 g/mol. The van der Waals surface area contributed by atoms with Crippen LogP contribution in [0.25, 0.3) is 0 Å². The monoisotopic (exact) mass is 292 g/mol. The van der Waals surface area contributed by atoms with Gasteiger partial charge in [-0.25, -0.2) is 0 Å². The Morgan fingerprint density at radius 1 is 1.48 bits per heavy atom. The number of likely N-dealkylation sites (tertiary alicyclic amines) is 1. The Labute approximate surface area is 124 Å². The molecule has 0 bridgehead atoms. The lowest BCUT2D eigenvalue weighted by Gasteiger charge is -2.23. The molecular weight excluding hydrogens is 268 g/mol. The molecule has 3 rings (SSSR count). The van der Waals surface area contributed by atoms with Crippen molar-refractivity contribution in [2.45, 2.75) is 56.5 Å². The summed E-state index contributed by atoms with van der Waals surface area (Å²) in [7, 11) is 0. The number of aromatic amines is 1. The molecule has 2 heterocycles. The molecule has 0 radical (unpaired) electrons. The summed E-state index contributed by atoms with van der Waals surface area (Å²) >= 11 is 0. The highest BCUT2D eigenvalue weighted by molar-refractivity contribution is 5.79. The van der Waals surface area contributed by atoms with E-state index in [0.29, 0.717) is 18.9 Å². The highest BCUT2D eigenvalue weighted by atomic mass is 16.4. The summed E-state index contributed by atoms with van der Waals surface area (Å²) in [5, 5.41) is 16.6. The van der Waals surface area contributed by atoms with E-state index >= 15 is 0 Å². The molecule has 6 heteroatoms. The Kier molecular flexibility index (Phi) is 3.99. The summed E-state index contributed by atoms with van der Waals surface area (Å²) in [5.74, 6) is -0.314. The molecule has 1 aliphatic carbocycles. The number of carbonyl (C=O) groups is 1. The van der Waals surface area contributed by atoms with Crippen LogP contribution in [-0.2, 0) is 11.3 Å². The van der Waals surface area contributed by atoms with Crippen LogP contribution in [0.3, 0.4) is 0 Å². The molecule has 1 saturated carbocycles. The first kappa shape index (κ1) is 14.5. The molecule has 21 heavy (non-hydrogen) atoms. The molecule has 4 N–H and O–H groups in total. The standard InChI is InChI=1S/C15H24N4O2/c16-15(14(20)21)6-7-19(10-15)9-12-8-17-18-13(12)11-4-2-1-3-5-11/h8,11H,1-7,9-10,16H2,(H,17,18)(H,20,21)/t15-/m1/s1. The number of hydrogen-bond donors (Lipinski definition) is 3. The lowest BCUT2D eigenvalue weighted by molar-refractivity contribution is -0.142. The number of H-pyrrole nitrogens is 1. The molecule has 1 saturated heterocycles. The number of nitrogens with two attached hydrogens (primary N) is 1. The first-order valence-electron chi connectivity index (χ1n) is 7.85. The van der Waals surface area contributed by atoms with E-state index in [1.807, 2.05) is 6.20 Å². The summed E-state index contributed by atoms with van der Waals surface area (Å²) in [5.41, 5.74) is 7.30. The van der Waals surface area contributed by atoms with Gasteiger partial charge in [-0.15, -0.1) is 0 Å². The third-order valence-electron chi connectivity index (χ3n) is 4.96. The van der Waals surface area contributed by atoms with Crippen molar-refractivity contribution in [2.24, 2.45) is 5.73 Å². The van der Waals surface area contributed by atoms with Gasteiger partial charge >= 0.3 is 5.97 Å². The summed E-state index contributed by atoms with van der Waals surface area (Å²) in [6.07, 6.45) is 8.77. The number of aromatic nitrogens is 2. The van der Waals surface area contributed by atoms with E-state index in [0.717, 1.165) is 13.1 Å². The van der Waals surface area contributed by atoms with Crippen LogP contribution in [0.1, 0.15) is 55.7 Å². The van der Waals surface area contributed by atoms with E-state index in [2.05, 4.69) is 15.1 Å². The van der Waals surface area contributed by atoms with E-state index in [-0.39, 0.29) is 0 Å². The fourth-order valence-electron chi connectivity index (χ4n) is 3.66. The second kappa shape index (κ2) is 5.77. The third-order valence-corrected chi connectivity index (χ3v) is 4.96. The Morgan fingerprint density at radius 3 is 2.90 bits per heavy atom. The van der Waals surface area contributed by atoms with Crippen LogP contribution in [0.15, 0.2) is 6.20 Å². The molecule has 1 aliphatic heterocycles. The van der Waals surface area contributed by atoms with Crippen LogP contribution < -0.4 is 5.73 Å². The van der Waals surface area contributed by atoms with Gasteiger partial charge in [0.25, 0.3) is 0 Å². The number of carboxylic acid groups (broad SMARTS) is 1. The van der Waals surface area contributed by atoms with E-state index in [1.54, 1.807) is 0 Å². The second-order valence-corrected chi connectivity index (χ2v) is 6.57. The highest BCUT2D eigenvalue weighted by Gasteiger charge is 2.41. The lowest BCUT2D eigenvalue weighted by Crippen LogP contribution is -2.50. The largest absolute Gasteiger partial charge is 0.480 e. The maximum absolute atomic E-state index is 11.2. The van der Waals surface area contributed by atoms with Gasteiger partial charge in [0.2, 0.25) is 0 Å². The topological polar surface area (TPSA) is 95.2 Å². The number of aliphatic carboxylic acids is 1. The van der Waals surface area contributed by atoms with Crippen LogP contribution >= 0.6 is 0 Å². The van der Waals surface area contributed by atoms with E-state index in [1.165, 1.54) is 43.4 Å². The fraction of sp³-hybridized carbons (Fsp3) is 0.733. The summed E-state index contributed by atoms with van der Waals surface area (Å²) in [6.45, 7) is 1.89.